The van der Waals surface area contributed by atoms with E-state index in [1.807, 2.05) is 12.1 Å². The van der Waals surface area contributed by atoms with Crippen LogP contribution in [0.4, 0.5) is 5.69 Å². The van der Waals surface area contributed by atoms with Crippen molar-refractivity contribution < 1.29 is 9.53 Å². The van der Waals surface area contributed by atoms with E-state index >= 15 is 0 Å². The largest absolute Gasteiger partial charge is 0.461 e. The number of fused-ring (bicyclic) bond motifs is 1. The van der Waals surface area contributed by atoms with Gasteiger partial charge in [0.25, 0.3) is 0 Å². The van der Waals surface area contributed by atoms with E-state index in [9.17, 15) is 4.79 Å². The van der Waals surface area contributed by atoms with Gasteiger partial charge in [-0.05, 0) is 41.8 Å². The average Bonchev–Trinajstić information content (AvgIpc) is 2.40. The zero-order valence-electron chi connectivity index (χ0n) is 10.5. The maximum absolute atomic E-state index is 11.8. The molecule has 0 radical (unpaired) electrons. The van der Waals surface area contributed by atoms with E-state index in [4.69, 9.17) is 10.5 Å². The topological polar surface area (TPSA) is 52.3 Å². The lowest BCUT2D eigenvalue weighted by Crippen LogP contribution is -2.23. The van der Waals surface area contributed by atoms with Crippen molar-refractivity contribution in [1.82, 2.24) is 0 Å². The van der Waals surface area contributed by atoms with E-state index in [-0.39, 0.29) is 5.97 Å². The molecule has 1 atom stereocenters. The third kappa shape index (κ3) is 2.32. The number of nitrogens with two attached hydrogens (primary N) is 1. The summed E-state index contributed by atoms with van der Waals surface area (Å²) >= 11 is 0. The average molecular weight is 253 g/mol. The first-order valence-corrected chi connectivity index (χ1v) is 6.34. The molecule has 0 bridgehead atoms. The van der Waals surface area contributed by atoms with Gasteiger partial charge in [-0.3, -0.25) is 0 Å². The molecule has 0 aromatic heterocycles. The number of anilines is 1. The van der Waals surface area contributed by atoms with Crippen LogP contribution < -0.4 is 5.73 Å². The highest BCUT2D eigenvalue weighted by Crippen LogP contribution is 2.34. The van der Waals surface area contributed by atoms with Gasteiger partial charge in [-0.25, -0.2) is 4.79 Å². The summed E-state index contributed by atoms with van der Waals surface area (Å²) in [5.41, 5.74) is 9.42. The number of hydrogen-bond acceptors (Lipinski definition) is 3. The maximum atomic E-state index is 11.8. The smallest absolute Gasteiger partial charge is 0.338 e. The van der Waals surface area contributed by atoms with Crippen LogP contribution in [0, 0.1) is 0 Å². The maximum Gasteiger partial charge on any atom is 0.338 e. The first-order valence-electron chi connectivity index (χ1n) is 6.34. The van der Waals surface area contributed by atoms with Crippen LogP contribution in [-0.2, 0) is 11.2 Å². The number of rotatable bonds is 3. The molecule has 96 valence electrons. The molecule has 3 nitrogen and oxygen atoms in total. The number of benzene rings is 2. The Balaban J connectivity index is 1.59. The number of esters is 1. The molecule has 1 aliphatic carbocycles. The molecular formula is C16H15NO2. The normalized spacial score (nSPS) is 16.3. The van der Waals surface area contributed by atoms with Crippen molar-refractivity contribution in [2.24, 2.45) is 0 Å². The van der Waals surface area contributed by atoms with Crippen molar-refractivity contribution in [1.29, 1.82) is 0 Å². The zero-order chi connectivity index (χ0) is 13.2. The van der Waals surface area contributed by atoms with Crippen molar-refractivity contribution in [3.63, 3.8) is 0 Å². The fourth-order valence-corrected chi connectivity index (χ4v) is 2.39. The molecule has 1 unspecified atom stereocenters. The summed E-state index contributed by atoms with van der Waals surface area (Å²) in [6.07, 6.45) is 0.991. The molecular weight excluding hydrogens is 238 g/mol. The molecule has 19 heavy (non-hydrogen) atoms. The van der Waals surface area contributed by atoms with E-state index in [0.29, 0.717) is 23.8 Å². The van der Waals surface area contributed by atoms with E-state index in [2.05, 4.69) is 12.1 Å². The second kappa shape index (κ2) is 4.76. The van der Waals surface area contributed by atoms with Crippen LogP contribution in [0.15, 0.2) is 48.5 Å². The van der Waals surface area contributed by atoms with Gasteiger partial charge in [0, 0.05) is 11.6 Å². The second-order valence-corrected chi connectivity index (χ2v) is 4.82. The van der Waals surface area contributed by atoms with Gasteiger partial charge in [0.15, 0.2) is 0 Å². The van der Waals surface area contributed by atoms with Gasteiger partial charge >= 0.3 is 5.97 Å². The number of nitrogen functional groups attached to an aromatic ring is 1. The molecule has 0 saturated carbocycles. The highest BCUT2D eigenvalue weighted by molar-refractivity contribution is 5.89. The molecule has 3 heteroatoms. The summed E-state index contributed by atoms with van der Waals surface area (Å²) in [6, 6.07) is 15.1. The fourth-order valence-electron chi connectivity index (χ4n) is 2.39. The Labute approximate surface area is 112 Å². The SMILES string of the molecule is Nc1ccc(C(=O)OCC2Cc3ccccc32)cc1. The molecule has 3 rings (SSSR count). The molecule has 0 fully saturated rings. The van der Waals surface area contributed by atoms with Gasteiger partial charge < -0.3 is 10.5 Å². The highest BCUT2D eigenvalue weighted by Gasteiger charge is 2.26. The summed E-state index contributed by atoms with van der Waals surface area (Å²) in [6.45, 7) is 0.445. The number of ether oxygens (including phenoxy) is 1. The van der Waals surface area contributed by atoms with E-state index in [1.54, 1.807) is 24.3 Å². The Morgan fingerprint density at radius 1 is 1.16 bits per heavy atom. The van der Waals surface area contributed by atoms with Crippen LogP contribution in [0.2, 0.25) is 0 Å². The Bertz CT molecular complexity index is 604. The van der Waals surface area contributed by atoms with Crippen molar-refractivity contribution in [3.8, 4) is 0 Å². The van der Waals surface area contributed by atoms with Gasteiger partial charge in [-0.2, -0.15) is 0 Å². The Hall–Kier alpha value is -2.29. The van der Waals surface area contributed by atoms with Crippen molar-refractivity contribution in [2.75, 3.05) is 12.3 Å². The number of carbonyl (C=O) groups is 1. The van der Waals surface area contributed by atoms with Gasteiger partial charge in [0.2, 0.25) is 0 Å². The zero-order valence-corrected chi connectivity index (χ0v) is 10.5. The van der Waals surface area contributed by atoms with Crippen molar-refractivity contribution in [2.45, 2.75) is 12.3 Å². The summed E-state index contributed by atoms with van der Waals surface area (Å²) < 4.78 is 5.35. The minimum atomic E-state index is -0.288. The lowest BCUT2D eigenvalue weighted by Gasteiger charge is -2.29. The third-order valence-electron chi connectivity index (χ3n) is 3.52. The number of hydrogen-bond donors (Lipinski definition) is 1. The first-order chi connectivity index (χ1) is 9.24. The molecule has 2 aromatic carbocycles. The summed E-state index contributed by atoms with van der Waals surface area (Å²) in [7, 11) is 0. The lowest BCUT2D eigenvalue weighted by atomic mass is 9.78. The molecule has 2 N–H and O–H groups in total. The van der Waals surface area contributed by atoms with Crippen molar-refractivity contribution in [3.05, 3.63) is 65.2 Å². The van der Waals surface area contributed by atoms with Crippen LogP contribution in [-0.4, -0.2) is 12.6 Å². The standard InChI is InChI=1S/C16H15NO2/c17-14-7-5-11(6-8-14)16(18)19-10-13-9-12-3-1-2-4-15(12)13/h1-8,13H,9-10,17H2. The Kier molecular flexibility index (Phi) is 2.95. The van der Waals surface area contributed by atoms with Crippen LogP contribution in [0.1, 0.15) is 27.4 Å². The number of carbonyl (C=O) groups excluding carboxylic acids is 1. The van der Waals surface area contributed by atoms with Gasteiger partial charge in [0.1, 0.15) is 0 Å². The van der Waals surface area contributed by atoms with Crippen molar-refractivity contribution >= 4 is 11.7 Å². The minimum absolute atomic E-state index is 0.288. The molecule has 1 aliphatic rings. The van der Waals surface area contributed by atoms with Crippen LogP contribution in [0.3, 0.4) is 0 Å². The molecule has 0 heterocycles. The predicted molar refractivity (Wildman–Crippen MR) is 74.0 cm³/mol. The minimum Gasteiger partial charge on any atom is -0.461 e. The lowest BCUT2D eigenvalue weighted by molar-refractivity contribution is 0.0469. The first kappa shape index (κ1) is 11.8. The Morgan fingerprint density at radius 2 is 1.89 bits per heavy atom. The summed E-state index contributed by atoms with van der Waals surface area (Å²) in [5, 5.41) is 0. The molecule has 0 spiro atoms. The monoisotopic (exact) mass is 253 g/mol. The van der Waals surface area contributed by atoms with Crippen LogP contribution >= 0.6 is 0 Å². The van der Waals surface area contributed by atoms with Gasteiger partial charge in [0.05, 0.1) is 12.2 Å². The third-order valence-corrected chi connectivity index (χ3v) is 3.52. The van der Waals surface area contributed by atoms with Crippen LogP contribution in [0.5, 0.6) is 0 Å². The van der Waals surface area contributed by atoms with E-state index in [1.165, 1.54) is 11.1 Å². The quantitative estimate of drug-likeness (QED) is 0.676. The molecule has 2 aromatic rings. The predicted octanol–water partition coefficient (Wildman–Crippen LogP) is 2.77. The molecule has 0 saturated heterocycles. The molecule has 0 amide bonds. The van der Waals surface area contributed by atoms with E-state index < -0.39 is 0 Å². The summed E-state index contributed by atoms with van der Waals surface area (Å²) in [4.78, 5) is 11.8. The summed E-state index contributed by atoms with van der Waals surface area (Å²) in [5.74, 6) is 0.0540. The van der Waals surface area contributed by atoms with Crippen LogP contribution in [0.25, 0.3) is 0 Å². The fraction of sp³-hybridized carbons (Fsp3) is 0.188. The molecule has 0 aliphatic heterocycles. The second-order valence-electron chi connectivity index (χ2n) is 4.82. The van der Waals surface area contributed by atoms with E-state index in [0.717, 1.165) is 6.42 Å². The van der Waals surface area contributed by atoms with Gasteiger partial charge in [-0.1, -0.05) is 24.3 Å². The Morgan fingerprint density at radius 3 is 2.63 bits per heavy atom. The highest BCUT2D eigenvalue weighted by atomic mass is 16.5. The van der Waals surface area contributed by atoms with Gasteiger partial charge in [-0.15, -0.1) is 0 Å².